The predicted molar refractivity (Wildman–Crippen MR) is 127 cm³/mol. The zero-order valence-corrected chi connectivity index (χ0v) is 19.2. The van der Waals surface area contributed by atoms with Crippen LogP contribution in [0, 0.1) is 6.92 Å². The summed E-state index contributed by atoms with van der Waals surface area (Å²) in [6, 6.07) is 16.8. The van der Waals surface area contributed by atoms with Crippen LogP contribution in [0.2, 0.25) is 0 Å². The fourth-order valence-electron chi connectivity index (χ4n) is 3.87. The Bertz CT molecular complexity index is 847. The highest BCUT2D eigenvalue weighted by Gasteiger charge is 2.20. The van der Waals surface area contributed by atoms with E-state index in [4.69, 9.17) is 9.47 Å². The SMILES string of the molecule is CN=C(NCC(C)Oc1ccccc1OC)NC1CCN(Cc2ccccc2C)CC1. The van der Waals surface area contributed by atoms with Gasteiger partial charge in [-0.15, -0.1) is 0 Å². The van der Waals surface area contributed by atoms with Crippen molar-refractivity contribution in [2.24, 2.45) is 4.99 Å². The lowest BCUT2D eigenvalue weighted by atomic mass is 10.0. The molecule has 1 aliphatic rings. The number of rotatable bonds is 8. The normalized spacial score (nSPS) is 16.6. The molecule has 6 nitrogen and oxygen atoms in total. The highest BCUT2D eigenvalue weighted by atomic mass is 16.5. The summed E-state index contributed by atoms with van der Waals surface area (Å²) < 4.78 is 11.4. The van der Waals surface area contributed by atoms with Gasteiger partial charge in [-0.05, 0) is 49.9 Å². The summed E-state index contributed by atoms with van der Waals surface area (Å²) in [4.78, 5) is 6.94. The van der Waals surface area contributed by atoms with E-state index in [9.17, 15) is 0 Å². The van der Waals surface area contributed by atoms with E-state index in [0.29, 0.717) is 12.6 Å². The summed E-state index contributed by atoms with van der Waals surface area (Å²) in [5.74, 6) is 2.32. The van der Waals surface area contributed by atoms with Gasteiger partial charge in [0, 0.05) is 32.7 Å². The maximum Gasteiger partial charge on any atom is 0.191 e. The second-order valence-corrected chi connectivity index (χ2v) is 8.15. The molecule has 1 aliphatic heterocycles. The molecule has 0 saturated carbocycles. The van der Waals surface area contributed by atoms with E-state index < -0.39 is 0 Å². The number of nitrogens with zero attached hydrogens (tertiary/aromatic N) is 2. The lowest BCUT2D eigenvalue weighted by molar-refractivity contribution is 0.197. The number of likely N-dealkylation sites (tertiary alicyclic amines) is 1. The number of hydrogen-bond acceptors (Lipinski definition) is 4. The number of ether oxygens (including phenoxy) is 2. The van der Waals surface area contributed by atoms with Crippen LogP contribution in [0.15, 0.2) is 53.5 Å². The van der Waals surface area contributed by atoms with E-state index in [2.05, 4.69) is 51.7 Å². The monoisotopic (exact) mass is 424 g/mol. The van der Waals surface area contributed by atoms with Gasteiger partial charge in [0.2, 0.25) is 0 Å². The quantitative estimate of drug-likeness (QED) is 0.501. The molecular weight excluding hydrogens is 388 g/mol. The first-order chi connectivity index (χ1) is 15.1. The van der Waals surface area contributed by atoms with Crippen molar-refractivity contribution in [2.45, 2.75) is 45.4 Å². The number of benzene rings is 2. The highest BCUT2D eigenvalue weighted by Crippen LogP contribution is 2.26. The van der Waals surface area contributed by atoms with Gasteiger partial charge in [-0.2, -0.15) is 0 Å². The highest BCUT2D eigenvalue weighted by molar-refractivity contribution is 5.80. The summed E-state index contributed by atoms with van der Waals surface area (Å²) >= 11 is 0. The molecule has 3 rings (SSSR count). The molecule has 0 spiro atoms. The number of hydrogen-bond donors (Lipinski definition) is 2. The largest absolute Gasteiger partial charge is 0.493 e. The number of aliphatic imine (C=N–C) groups is 1. The van der Waals surface area contributed by atoms with Crippen molar-refractivity contribution in [3.05, 3.63) is 59.7 Å². The van der Waals surface area contributed by atoms with Crippen LogP contribution >= 0.6 is 0 Å². The molecular formula is C25H36N4O2. The zero-order valence-electron chi connectivity index (χ0n) is 19.2. The molecule has 0 aromatic heterocycles. The Labute approximate surface area is 186 Å². The molecule has 0 aliphatic carbocycles. The molecule has 31 heavy (non-hydrogen) atoms. The standard InChI is InChI=1S/C25H36N4O2/c1-19-9-5-6-10-21(19)18-29-15-13-22(14-16-29)28-25(26-3)27-17-20(2)31-24-12-8-7-11-23(24)30-4/h5-12,20,22H,13-18H2,1-4H3,(H2,26,27,28). The first kappa shape index (κ1) is 22.9. The van der Waals surface area contributed by atoms with Gasteiger partial charge in [0.1, 0.15) is 6.10 Å². The summed E-state index contributed by atoms with van der Waals surface area (Å²) in [7, 11) is 3.47. The van der Waals surface area contributed by atoms with Gasteiger partial charge in [0.15, 0.2) is 17.5 Å². The van der Waals surface area contributed by atoms with Crippen molar-refractivity contribution in [1.82, 2.24) is 15.5 Å². The summed E-state index contributed by atoms with van der Waals surface area (Å²) in [6.07, 6.45) is 2.20. The second kappa shape index (κ2) is 11.6. The lowest BCUT2D eigenvalue weighted by Crippen LogP contribution is -2.49. The van der Waals surface area contributed by atoms with E-state index in [1.165, 1.54) is 11.1 Å². The summed E-state index contributed by atoms with van der Waals surface area (Å²) in [5, 5.41) is 6.97. The molecule has 1 heterocycles. The molecule has 0 radical (unpaired) electrons. The number of aryl methyl sites for hydroxylation is 1. The molecule has 6 heteroatoms. The average Bonchev–Trinajstić information content (AvgIpc) is 2.79. The molecule has 0 amide bonds. The Morgan fingerprint density at radius 3 is 2.45 bits per heavy atom. The maximum absolute atomic E-state index is 6.02. The first-order valence-corrected chi connectivity index (χ1v) is 11.1. The third kappa shape index (κ3) is 6.89. The van der Waals surface area contributed by atoms with E-state index in [1.54, 1.807) is 7.11 Å². The third-order valence-electron chi connectivity index (χ3n) is 5.76. The van der Waals surface area contributed by atoms with Crippen molar-refractivity contribution in [3.63, 3.8) is 0 Å². The number of para-hydroxylation sites is 2. The van der Waals surface area contributed by atoms with E-state index in [-0.39, 0.29) is 6.10 Å². The van der Waals surface area contributed by atoms with Crippen molar-refractivity contribution in [3.8, 4) is 11.5 Å². The van der Waals surface area contributed by atoms with Crippen molar-refractivity contribution in [2.75, 3.05) is 33.8 Å². The number of piperidine rings is 1. The van der Waals surface area contributed by atoms with Crippen LogP contribution in [0.1, 0.15) is 30.9 Å². The van der Waals surface area contributed by atoms with Gasteiger partial charge in [-0.25, -0.2) is 0 Å². The third-order valence-corrected chi connectivity index (χ3v) is 5.76. The lowest BCUT2D eigenvalue weighted by Gasteiger charge is -2.33. The minimum Gasteiger partial charge on any atom is -0.493 e. The first-order valence-electron chi connectivity index (χ1n) is 11.1. The van der Waals surface area contributed by atoms with Gasteiger partial charge in [0.25, 0.3) is 0 Å². The molecule has 0 bridgehead atoms. The molecule has 1 unspecified atom stereocenters. The van der Waals surface area contributed by atoms with Gasteiger partial charge in [0.05, 0.1) is 13.7 Å². The van der Waals surface area contributed by atoms with Crippen LogP contribution in [0.5, 0.6) is 11.5 Å². The van der Waals surface area contributed by atoms with E-state index in [0.717, 1.165) is 49.9 Å². The fourth-order valence-corrected chi connectivity index (χ4v) is 3.87. The van der Waals surface area contributed by atoms with Crippen LogP contribution in [-0.4, -0.2) is 56.8 Å². The smallest absolute Gasteiger partial charge is 0.191 e. The van der Waals surface area contributed by atoms with Crippen LogP contribution in [0.25, 0.3) is 0 Å². The van der Waals surface area contributed by atoms with E-state index in [1.807, 2.05) is 38.2 Å². The van der Waals surface area contributed by atoms with Crippen LogP contribution in [-0.2, 0) is 6.54 Å². The zero-order chi connectivity index (χ0) is 22.1. The summed E-state index contributed by atoms with van der Waals surface area (Å²) in [6.45, 7) is 8.11. The Morgan fingerprint density at radius 2 is 1.77 bits per heavy atom. The number of guanidine groups is 1. The Kier molecular flexibility index (Phi) is 8.59. The van der Waals surface area contributed by atoms with Gasteiger partial charge >= 0.3 is 0 Å². The van der Waals surface area contributed by atoms with Crippen molar-refractivity contribution >= 4 is 5.96 Å². The Morgan fingerprint density at radius 1 is 1.10 bits per heavy atom. The maximum atomic E-state index is 6.02. The van der Waals surface area contributed by atoms with Crippen LogP contribution in [0.4, 0.5) is 0 Å². The number of nitrogens with one attached hydrogen (secondary N) is 2. The van der Waals surface area contributed by atoms with E-state index >= 15 is 0 Å². The predicted octanol–water partition coefficient (Wildman–Crippen LogP) is 3.60. The average molecular weight is 425 g/mol. The Balaban J connectivity index is 1.41. The fraction of sp³-hybridized carbons (Fsp3) is 0.480. The molecule has 168 valence electrons. The minimum atomic E-state index is -0.0224. The molecule has 2 aromatic rings. The van der Waals surface area contributed by atoms with Gasteiger partial charge < -0.3 is 20.1 Å². The Hall–Kier alpha value is -2.73. The van der Waals surface area contributed by atoms with Crippen molar-refractivity contribution in [1.29, 1.82) is 0 Å². The number of methoxy groups -OCH3 is 1. The molecule has 1 saturated heterocycles. The molecule has 2 aromatic carbocycles. The van der Waals surface area contributed by atoms with Crippen LogP contribution < -0.4 is 20.1 Å². The topological polar surface area (TPSA) is 58.1 Å². The van der Waals surface area contributed by atoms with Gasteiger partial charge in [-0.3, -0.25) is 9.89 Å². The molecule has 2 N–H and O–H groups in total. The molecule has 1 atom stereocenters. The van der Waals surface area contributed by atoms with Crippen LogP contribution in [0.3, 0.4) is 0 Å². The molecule has 1 fully saturated rings. The van der Waals surface area contributed by atoms with Gasteiger partial charge in [-0.1, -0.05) is 36.4 Å². The second-order valence-electron chi connectivity index (χ2n) is 8.15. The summed E-state index contributed by atoms with van der Waals surface area (Å²) in [5.41, 5.74) is 2.80. The minimum absolute atomic E-state index is 0.0224. The van der Waals surface area contributed by atoms with Crippen molar-refractivity contribution < 1.29 is 9.47 Å².